The molecule has 8 heteroatoms. The lowest BCUT2D eigenvalue weighted by Gasteiger charge is -2.36. The van der Waals surface area contributed by atoms with E-state index in [9.17, 15) is 5.11 Å². The van der Waals surface area contributed by atoms with E-state index in [4.69, 9.17) is 38.4 Å². The van der Waals surface area contributed by atoms with Crippen LogP contribution in [-0.4, -0.2) is 20.8 Å². The van der Waals surface area contributed by atoms with Gasteiger partial charge >= 0.3 is 0 Å². The van der Waals surface area contributed by atoms with Crippen molar-refractivity contribution in [2.45, 2.75) is 44.6 Å². The van der Waals surface area contributed by atoms with Gasteiger partial charge in [0.15, 0.2) is 11.4 Å². The summed E-state index contributed by atoms with van der Waals surface area (Å²) in [5.74, 6) is 0. The van der Waals surface area contributed by atoms with E-state index in [1.807, 2.05) is 48.5 Å². The zero-order valence-electron chi connectivity index (χ0n) is 19.6. The monoisotopic (exact) mass is 523 g/mol. The number of benzene rings is 3. The lowest BCUT2D eigenvalue weighted by Crippen LogP contribution is -2.32. The van der Waals surface area contributed by atoms with Crippen LogP contribution in [0.5, 0.6) is 0 Å². The Labute approximate surface area is 220 Å². The van der Waals surface area contributed by atoms with Crippen LogP contribution in [0.3, 0.4) is 0 Å². The number of hydrogen-bond donors (Lipinski definition) is 2. The molecule has 0 aliphatic carbocycles. The first kappa shape index (κ1) is 25.0. The van der Waals surface area contributed by atoms with Crippen molar-refractivity contribution in [3.63, 3.8) is 0 Å². The van der Waals surface area contributed by atoms with E-state index in [0.717, 1.165) is 33.4 Å². The van der Waals surface area contributed by atoms with Crippen LogP contribution in [-0.2, 0) is 29.2 Å². The summed E-state index contributed by atoms with van der Waals surface area (Å²) in [5, 5.41) is 10.1. The van der Waals surface area contributed by atoms with Crippen molar-refractivity contribution in [1.82, 2.24) is 9.55 Å². The standard InChI is InChI=1S/C28H27Cl2N3O3/c29-26-27(30)33(17-32-26)15-24-13-25(21-6-4-18(16-34)5-7-21)36-28(35-24)22-10-8-20(9-11-22)23-3-1-2-19(12-23)14-31/h1-12,17,24-25,28,34H,13-16,31H2/t24-,25+,28+/m1/s1. The molecule has 36 heavy (non-hydrogen) atoms. The quantitative estimate of drug-likeness (QED) is 0.308. The van der Waals surface area contributed by atoms with Crippen molar-refractivity contribution in [3.8, 4) is 11.1 Å². The number of rotatable bonds is 7. The van der Waals surface area contributed by atoms with E-state index >= 15 is 0 Å². The lowest BCUT2D eigenvalue weighted by atomic mass is 9.99. The molecule has 5 rings (SSSR count). The van der Waals surface area contributed by atoms with Crippen molar-refractivity contribution in [1.29, 1.82) is 0 Å². The van der Waals surface area contributed by atoms with Crippen LogP contribution >= 0.6 is 23.2 Å². The molecule has 3 aromatic carbocycles. The van der Waals surface area contributed by atoms with Crippen molar-refractivity contribution in [2.75, 3.05) is 0 Å². The molecule has 1 aliphatic heterocycles. The molecule has 186 valence electrons. The molecule has 0 spiro atoms. The minimum atomic E-state index is -0.562. The van der Waals surface area contributed by atoms with Gasteiger partial charge in [0.2, 0.25) is 0 Å². The predicted molar refractivity (Wildman–Crippen MR) is 140 cm³/mol. The molecule has 0 saturated carbocycles. The van der Waals surface area contributed by atoms with E-state index in [1.54, 1.807) is 10.9 Å². The lowest BCUT2D eigenvalue weighted by molar-refractivity contribution is -0.252. The maximum Gasteiger partial charge on any atom is 0.184 e. The molecule has 3 N–H and O–H groups in total. The Bertz CT molecular complexity index is 1310. The van der Waals surface area contributed by atoms with E-state index in [2.05, 4.69) is 29.2 Å². The molecule has 2 heterocycles. The van der Waals surface area contributed by atoms with Crippen LogP contribution in [0.25, 0.3) is 11.1 Å². The zero-order valence-corrected chi connectivity index (χ0v) is 21.1. The molecule has 4 aromatic rings. The Hall–Kier alpha value is -2.71. The molecule has 0 radical (unpaired) electrons. The van der Waals surface area contributed by atoms with E-state index in [1.165, 1.54) is 0 Å². The topological polar surface area (TPSA) is 82.5 Å². The Kier molecular flexibility index (Phi) is 7.72. The number of halogens is 2. The molecule has 0 bridgehead atoms. The predicted octanol–water partition coefficient (Wildman–Crippen LogP) is 6.05. The summed E-state index contributed by atoms with van der Waals surface area (Å²) < 4.78 is 14.6. The Morgan fingerprint density at radius 3 is 2.33 bits per heavy atom. The largest absolute Gasteiger partial charge is 0.392 e. The van der Waals surface area contributed by atoms with Gasteiger partial charge in [-0.3, -0.25) is 0 Å². The summed E-state index contributed by atoms with van der Waals surface area (Å²) in [6.07, 6.45) is 1.31. The van der Waals surface area contributed by atoms with E-state index < -0.39 is 6.29 Å². The Balaban J connectivity index is 1.40. The molecular formula is C28H27Cl2N3O3. The maximum absolute atomic E-state index is 9.41. The van der Waals surface area contributed by atoms with Gasteiger partial charge in [-0.15, -0.1) is 0 Å². The van der Waals surface area contributed by atoms with Crippen LogP contribution in [0.15, 0.2) is 79.1 Å². The summed E-state index contributed by atoms with van der Waals surface area (Å²) in [4.78, 5) is 4.08. The number of aliphatic hydroxyl groups is 1. The summed E-state index contributed by atoms with van der Waals surface area (Å²) in [5.41, 5.74) is 11.9. The summed E-state index contributed by atoms with van der Waals surface area (Å²) in [7, 11) is 0. The third-order valence-electron chi connectivity index (χ3n) is 6.43. The highest BCUT2D eigenvalue weighted by Gasteiger charge is 2.32. The third kappa shape index (κ3) is 5.49. The molecule has 3 atom stereocenters. The van der Waals surface area contributed by atoms with Gasteiger partial charge in [0, 0.05) is 18.5 Å². The van der Waals surface area contributed by atoms with Crippen LogP contribution < -0.4 is 5.73 Å². The van der Waals surface area contributed by atoms with Crippen molar-refractivity contribution >= 4 is 23.2 Å². The molecular weight excluding hydrogens is 497 g/mol. The van der Waals surface area contributed by atoms with Gasteiger partial charge in [-0.25, -0.2) is 4.98 Å². The summed E-state index contributed by atoms with van der Waals surface area (Å²) in [6.45, 7) is 0.998. The fourth-order valence-corrected chi connectivity index (χ4v) is 4.75. The normalized spacial score (nSPS) is 19.9. The highest BCUT2D eigenvalue weighted by atomic mass is 35.5. The minimum Gasteiger partial charge on any atom is -0.392 e. The first-order valence-electron chi connectivity index (χ1n) is 11.8. The van der Waals surface area contributed by atoms with Gasteiger partial charge < -0.3 is 24.9 Å². The molecule has 6 nitrogen and oxygen atoms in total. The van der Waals surface area contributed by atoms with Gasteiger partial charge in [-0.1, -0.05) is 89.9 Å². The maximum atomic E-state index is 9.41. The van der Waals surface area contributed by atoms with Gasteiger partial charge in [0.1, 0.15) is 5.15 Å². The van der Waals surface area contributed by atoms with E-state index in [0.29, 0.717) is 24.7 Å². The third-order valence-corrected chi connectivity index (χ3v) is 7.20. The number of nitrogens with zero attached hydrogens (tertiary/aromatic N) is 2. The molecule has 1 aliphatic rings. The Morgan fingerprint density at radius 2 is 1.67 bits per heavy atom. The summed E-state index contributed by atoms with van der Waals surface area (Å²) >= 11 is 12.4. The highest BCUT2D eigenvalue weighted by Crippen LogP contribution is 2.39. The fourth-order valence-electron chi connectivity index (χ4n) is 4.43. The van der Waals surface area contributed by atoms with Crippen molar-refractivity contribution in [2.24, 2.45) is 5.73 Å². The zero-order chi connectivity index (χ0) is 25.1. The first-order valence-corrected chi connectivity index (χ1v) is 12.6. The number of aliphatic hydroxyl groups excluding tert-OH is 1. The van der Waals surface area contributed by atoms with Gasteiger partial charge in [-0.2, -0.15) is 0 Å². The molecule has 1 aromatic heterocycles. The average Bonchev–Trinajstić information content (AvgIpc) is 3.25. The van der Waals surface area contributed by atoms with Crippen LogP contribution in [0.4, 0.5) is 0 Å². The average molecular weight is 524 g/mol. The van der Waals surface area contributed by atoms with Crippen LogP contribution in [0.2, 0.25) is 10.3 Å². The second kappa shape index (κ2) is 11.1. The summed E-state index contributed by atoms with van der Waals surface area (Å²) in [6, 6.07) is 24.2. The highest BCUT2D eigenvalue weighted by molar-refractivity contribution is 6.40. The number of imidazole rings is 1. The molecule has 1 fully saturated rings. The first-order chi connectivity index (χ1) is 17.5. The van der Waals surface area contributed by atoms with Crippen LogP contribution in [0, 0.1) is 0 Å². The number of hydrogen-bond acceptors (Lipinski definition) is 5. The molecule has 0 unspecified atom stereocenters. The fraction of sp³-hybridized carbons (Fsp3) is 0.250. The van der Waals surface area contributed by atoms with Crippen LogP contribution in [0.1, 0.15) is 41.1 Å². The van der Waals surface area contributed by atoms with Gasteiger partial charge in [0.25, 0.3) is 0 Å². The van der Waals surface area contributed by atoms with Crippen molar-refractivity contribution < 1.29 is 14.6 Å². The SMILES string of the molecule is NCc1cccc(-c2ccc([C@H]3O[C@@H](Cn4cnc(Cl)c4Cl)C[C@@H](c4ccc(CO)cc4)O3)cc2)c1. The number of ether oxygens (including phenoxy) is 2. The van der Waals surface area contributed by atoms with Gasteiger partial charge in [0.05, 0.1) is 31.7 Å². The number of aromatic nitrogens is 2. The van der Waals surface area contributed by atoms with E-state index in [-0.39, 0.29) is 24.0 Å². The molecule has 0 amide bonds. The smallest absolute Gasteiger partial charge is 0.184 e. The number of nitrogens with two attached hydrogens (primary N) is 1. The van der Waals surface area contributed by atoms with Crippen molar-refractivity contribution in [3.05, 3.63) is 112 Å². The second-order valence-corrected chi connectivity index (χ2v) is 9.57. The van der Waals surface area contributed by atoms with Gasteiger partial charge in [-0.05, 0) is 33.9 Å². The Morgan fingerprint density at radius 1 is 0.917 bits per heavy atom. The molecule has 1 saturated heterocycles. The minimum absolute atomic E-state index is 0.000585. The second-order valence-electron chi connectivity index (χ2n) is 8.86.